The summed E-state index contributed by atoms with van der Waals surface area (Å²) in [6.45, 7) is 2.23. The van der Waals surface area contributed by atoms with Gasteiger partial charge in [-0.2, -0.15) is 5.26 Å². The van der Waals surface area contributed by atoms with Gasteiger partial charge >= 0.3 is 0 Å². The summed E-state index contributed by atoms with van der Waals surface area (Å²) in [6.07, 6.45) is 12.4. The standard InChI is InChI=1S/C29H34F3N/c1-2-3-4-5-6-19-7-9-20(10-8-19)24-16-27(31)29(28(32)17-24)22-12-11-21-13-25(18-33)26(30)15-23(21)14-22/h13,15-17,19-20,22H,2-12,14H2,1H3. The molecule has 0 spiro atoms. The number of rotatable bonds is 7. The maximum atomic E-state index is 15.2. The van der Waals surface area contributed by atoms with Gasteiger partial charge in [-0.25, -0.2) is 13.2 Å². The van der Waals surface area contributed by atoms with Crippen molar-refractivity contribution in [3.05, 3.63) is 69.5 Å². The molecule has 0 aromatic heterocycles. The van der Waals surface area contributed by atoms with E-state index in [1.165, 1.54) is 38.2 Å². The molecule has 1 atom stereocenters. The Hall–Kier alpha value is -2.28. The quantitative estimate of drug-likeness (QED) is 0.386. The Labute approximate surface area is 196 Å². The molecule has 0 radical (unpaired) electrons. The minimum atomic E-state index is -0.561. The maximum Gasteiger partial charge on any atom is 0.141 e. The van der Waals surface area contributed by atoms with Gasteiger partial charge in [-0.3, -0.25) is 0 Å². The van der Waals surface area contributed by atoms with Gasteiger partial charge in [0, 0.05) is 5.56 Å². The van der Waals surface area contributed by atoms with Gasteiger partial charge in [0.1, 0.15) is 23.5 Å². The van der Waals surface area contributed by atoms with E-state index < -0.39 is 17.5 Å². The van der Waals surface area contributed by atoms with Crippen LogP contribution in [0.1, 0.15) is 111 Å². The lowest BCUT2D eigenvalue weighted by Gasteiger charge is -2.30. The summed E-state index contributed by atoms with van der Waals surface area (Å²) >= 11 is 0. The largest absolute Gasteiger partial charge is 0.207 e. The molecule has 2 aromatic carbocycles. The summed E-state index contributed by atoms with van der Waals surface area (Å²) in [5.41, 5.74) is 2.62. The van der Waals surface area contributed by atoms with Crippen molar-refractivity contribution in [2.75, 3.05) is 0 Å². The smallest absolute Gasteiger partial charge is 0.141 e. The third kappa shape index (κ3) is 5.45. The Balaban J connectivity index is 1.42. The second-order valence-corrected chi connectivity index (χ2v) is 10.1. The van der Waals surface area contributed by atoms with Gasteiger partial charge < -0.3 is 0 Å². The van der Waals surface area contributed by atoms with Gasteiger partial charge in [-0.15, -0.1) is 0 Å². The summed E-state index contributed by atoms with van der Waals surface area (Å²) in [5.74, 6) is -0.799. The van der Waals surface area contributed by atoms with Crippen LogP contribution in [0.2, 0.25) is 0 Å². The number of halogens is 3. The number of nitrogens with zero attached hydrogens (tertiary/aromatic N) is 1. The molecule has 1 saturated carbocycles. The molecule has 2 aliphatic carbocycles. The van der Waals surface area contributed by atoms with E-state index in [-0.39, 0.29) is 23.0 Å². The average Bonchev–Trinajstić information content (AvgIpc) is 2.81. The molecule has 0 N–H and O–H groups in total. The van der Waals surface area contributed by atoms with E-state index in [0.29, 0.717) is 19.3 Å². The van der Waals surface area contributed by atoms with Crippen molar-refractivity contribution in [2.24, 2.45) is 5.92 Å². The van der Waals surface area contributed by atoms with Crippen molar-refractivity contribution in [3.8, 4) is 6.07 Å². The summed E-state index contributed by atoms with van der Waals surface area (Å²) in [5, 5.41) is 9.04. The van der Waals surface area contributed by atoms with Crippen LogP contribution in [0, 0.1) is 34.7 Å². The summed E-state index contributed by atoms with van der Waals surface area (Å²) in [4.78, 5) is 0. The molecular weight excluding hydrogens is 419 g/mol. The first-order chi connectivity index (χ1) is 16.0. The molecule has 176 valence electrons. The van der Waals surface area contributed by atoms with Gasteiger partial charge in [-0.05, 0) is 104 Å². The van der Waals surface area contributed by atoms with Crippen LogP contribution in [0.4, 0.5) is 13.2 Å². The molecule has 0 heterocycles. The van der Waals surface area contributed by atoms with Crippen molar-refractivity contribution < 1.29 is 13.2 Å². The van der Waals surface area contributed by atoms with E-state index >= 15 is 8.78 Å². The molecule has 1 nitrogen and oxygen atoms in total. The maximum absolute atomic E-state index is 15.2. The Kier molecular flexibility index (Phi) is 7.78. The summed E-state index contributed by atoms with van der Waals surface area (Å²) in [7, 11) is 0. The first kappa shape index (κ1) is 23.9. The fourth-order valence-electron chi connectivity index (χ4n) is 5.99. The van der Waals surface area contributed by atoms with Crippen LogP contribution in [0.3, 0.4) is 0 Å². The monoisotopic (exact) mass is 453 g/mol. The topological polar surface area (TPSA) is 23.8 Å². The van der Waals surface area contributed by atoms with Crippen molar-refractivity contribution in [3.63, 3.8) is 0 Å². The second-order valence-electron chi connectivity index (χ2n) is 10.1. The van der Waals surface area contributed by atoms with Crippen molar-refractivity contribution in [2.45, 2.75) is 95.8 Å². The first-order valence-corrected chi connectivity index (χ1v) is 12.7. The Morgan fingerprint density at radius 2 is 1.55 bits per heavy atom. The van der Waals surface area contributed by atoms with Crippen LogP contribution in [-0.4, -0.2) is 0 Å². The first-order valence-electron chi connectivity index (χ1n) is 12.7. The van der Waals surface area contributed by atoms with E-state index in [9.17, 15) is 4.39 Å². The van der Waals surface area contributed by atoms with Gasteiger partial charge in [0.15, 0.2) is 0 Å². The van der Waals surface area contributed by atoms with E-state index in [4.69, 9.17) is 5.26 Å². The Morgan fingerprint density at radius 1 is 0.818 bits per heavy atom. The van der Waals surface area contributed by atoms with E-state index in [2.05, 4.69) is 6.92 Å². The fourth-order valence-corrected chi connectivity index (χ4v) is 5.99. The molecule has 4 rings (SSSR count). The molecule has 0 saturated heterocycles. The highest BCUT2D eigenvalue weighted by Gasteiger charge is 2.29. The van der Waals surface area contributed by atoms with Crippen molar-refractivity contribution >= 4 is 0 Å². The number of unbranched alkanes of at least 4 members (excludes halogenated alkanes) is 3. The molecule has 1 fully saturated rings. The van der Waals surface area contributed by atoms with Gasteiger partial charge in [-0.1, -0.05) is 39.0 Å². The fraction of sp³-hybridized carbons (Fsp3) is 0.552. The molecule has 2 aromatic rings. The van der Waals surface area contributed by atoms with Crippen LogP contribution in [-0.2, 0) is 12.8 Å². The molecular formula is C29H34F3N. The summed E-state index contributed by atoms with van der Waals surface area (Å²) in [6, 6.07) is 7.92. The predicted molar refractivity (Wildman–Crippen MR) is 126 cm³/mol. The van der Waals surface area contributed by atoms with Gasteiger partial charge in [0.25, 0.3) is 0 Å². The zero-order valence-electron chi connectivity index (χ0n) is 19.6. The third-order valence-corrected chi connectivity index (χ3v) is 7.93. The molecule has 33 heavy (non-hydrogen) atoms. The average molecular weight is 454 g/mol. The van der Waals surface area contributed by atoms with Gasteiger partial charge in [0.2, 0.25) is 0 Å². The lowest BCUT2D eigenvalue weighted by atomic mass is 9.75. The van der Waals surface area contributed by atoms with Crippen LogP contribution >= 0.6 is 0 Å². The number of nitriles is 1. The van der Waals surface area contributed by atoms with E-state index in [0.717, 1.165) is 48.3 Å². The molecule has 2 aliphatic rings. The highest BCUT2D eigenvalue weighted by molar-refractivity contribution is 5.43. The SMILES string of the molecule is CCCCCCC1CCC(c2cc(F)c(C3CCc4cc(C#N)c(F)cc4C3)c(F)c2)CC1. The molecule has 1 unspecified atom stereocenters. The lowest BCUT2D eigenvalue weighted by molar-refractivity contribution is 0.301. The Bertz CT molecular complexity index is 991. The highest BCUT2D eigenvalue weighted by Crippen LogP contribution is 2.41. The Morgan fingerprint density at radius 3 is 2.21 bits per heavy atom. The number of aryl methyl sites for hydroxylation is 1. The number of hydrogen-bond donors (Lipinski definition) is 0. The van der Waals surface area contributed by atoms with E-state index in [1.807, 2.05) is 6.07 Å². The second kappa shape index (κ2) is 10.8. The minimum Gasteiger partial charge on any atom is -0.207 e. The zero-order valence-corrected chi connectivity index (χ0v) is 19.6. The highest BCUT2D eigenvalue weighted by atomic mass is 19.1. The predicted octanol–water partition coefficient (Wildman–Crippen LogP) is 8.49. The molecule has 0 aliphatic heterocycles. The lowest BCUT2D eigenvalue weighted by Crippen LogP contribution is -2.18. The zero-order chi connectivity index (χ0) is 23.4. The van der Waals surface area contributed by atoms with Crippen molar-refractivity contribution in [1.82, 2.24) is 0 Å². The van der Waals surface area contributed by atoms with E-state index in [1.54, 1.807) is 18.2 Å². The molecule has 0 bridgehead atoms. The van der Waals surface area contributed by atoms with Crippen LogP contribution in [0.25, 0.3) is 0 Å². The number of hydrogen-bond acceptors (Lipinski definition) is 1. The third-order valence-electron chi connectivity index (χ3n) is 7.93. The number of fused-ring (bicyclic) bond motifs is 1. The van der Waals surface area contributed by atoms with Crippen molar-refractivity contribution in [1.29, 1.82) is 5.26 Å². The summed E-state index contributed by atoms with van der Waals surface area (Å²) < 4.78 is 44.5. The molecule has 0 amide bonds. The van der Waals surface area contributed by atoms with Crippen LogP contribution in [0.5, 0.6) is 0 Å². The van der Waals surface area contributed by atoms with Crippen LogP contribution in [0.15, 0.2) is 24.3 Å². The minimum absolute atomic E-state index is 0.0320. The normalized spacial score (nSPS) is 22.6. The van der Waals surface area contributed by atoms with Gasteiger partial charge in [0.05, 0.1) is 5.56 Å². The molecule has 4 heteroatoms. The number of benzene rings is 2. The van der Waals surface area contributed by atoms with Crippen LogP contribution < -0.4 is 0 Å².